The third-order valence-electron chi connectivity index (χ3n) is 9.08. The number of nitrogens with one attached hydrogen (secondary N) is 1. The highest BCUT2D eigenvalue weighted by atomic mass is 16.4. The molecular formula is C37H47NO3. The number of carbonyl (C=O) groups is 2. The molecule has 0 bridgehead atoms. The van der Waals surface area contributed by atoms with Crippen LogP contribution in [0.4, 0.5) is 0 Å². The first-order valence-electron chi connectivity index (χ1n) is 15.7. The lowest BCUT2D eigenvalue weighted by Gasteiger charge is -2.36. The van der Waals surface area contributed by atoms with Crippen molar-refractivity contribution >= 4 is 11.9 Å². The number of rotatable bonds is 17. The Labute approximate surface area is 246 Å². The average molecular weight is 554 g/mol. The Bertz CT molecular complexity index is 1090. The van der Waals surface area contributed by atoms with Gasteiger partial charge in [0.15, 0.2) is 0 Å². The molecule has 0 heterocycles. The zero-order valence-corrected chi connectivity index (χ0v) is 24.5. The Hall–Kier alpha value is -3.40. The van der Waals surface area contributed by atoms with Gasteiger partial charge in [0.05, 0.1) is 6.42 Å². The highest BCUT2D eigenvalue weighted by molar-refractivity contribution is 5.78. The molecule has 2 N–H and O–H groups in total. The summed E-state index contributed by atoms with van der Waals surface area (Å²) in [5, 5.41) is 12.3. The van der Waals surface area contributed by atoms with Crippen molar-refractivity contribution in [1.82, 2.24) is 5.32 Å². The molecule has 0 aromatic heterocycles. The van der Waals surface area contributed by atoms with Gasteiger partial charge in [-0.3, -0.25) is 9.59 Å². The Morgan fingerprint density at radius 2 is 1.07 bits per heavy atom. The first-order valence-corrected chi connectivity index (χ1v) is 15.7. The van der Waals surface area contributed by atoms with E-state index in [4.69, 9.17) is 0 Å². The number of benzene rings is 3. The minimum atomic E-state index is -0.786. The van der Waals surface area contributed by atoms with Gasteiger partial charge in [-0.05, 0) is 47.8 Å². The summed E-state index contributed by atoms with van der Waals surface area (Å²) >= 11 is 0. The third kappa shape index (κ3) is 8.55. The highest BCUT2D eigenvalue weighted by Crippen LogP contribution is 2.44. The molecule has 3 aromatic carbocycles. The van der Waals surface area contributed by atoms with E-state index in [-0.39, 0.29) is 23.2 Å². The van der Waals surface area contributed by atoms with E-state index in [2.05, 4.69) is 96.3 Å². The fourth-order valence-corrected chi connectivity index (χ4v) is 6.99. The van der Waals surface area contributed by atoms with Crippen LogP contribution in [0.2, 0.25) is 0 Å². The maximum absolute atomic E-state index is 12.5. The van der Waals surface area contributed by atoms with Crippen LogP contribution < -0.4 is 5.32 Å². The van der Waals surface area contributed by atoms with Crippen LogP contribution in [0.15, 0.2) is 91.0 Å². The second-order valence-electron chi connectivity index (χ2n) is 12.0. The minimum absolute atomic E-state index is 0.0203. The van der Waals surface area contributed by atoms with Crippen LogP contribution in [-0.2, 0) is 15.0 Å². The van der Waals surface area contributed by atoms with Crippen molar-refractivity contribution in [1.29, 1.82) is 0 Å². The van der Waals surface area contributed by atoms with Crippen molar-refractivity contribution in [3.63, 3.8) is 0 Å². The van der Waals surface area contributed by atoms with E-state index in [1.165, 1.54) is 42.4 Å². The van der Waals surface area contributed by atoms with Gasteiger partial charge in [-0.25, -0.2) is 0 Å². The van der Waals surface area contributed by atoms with Crippen molar-refractivity contribution in [2.45, 2.75) is 95.3 Å². The molecule has 1 amide bonds. The number of carboxylic acid groups (broad SMARTS) is 1. The Kier molecular flexibility index (Phi) is 11.6. The standard InChI is InChI=1S/C37H47NO3/c39-34(29-36(30-35(40)41)25-16-17-26-36)38-28-18-5-3-1-2-4-15-27-37(31-19-9-6-10-20-31,32-21-11-7-12-22-32)33-23-13-8-14-24-33/h6-14,19-24H,1-5,15-18,25-30H2,(H,38,39)(H,40,41). The van der Waals surface area contributed by atoms with Crippen molar-refractivity contribution in [3.8, 4) is 0 Å². The Morgan fingerprint density at radius 1 is 0.634 bits per heavy atom. The second kappa shape index (κ2) is 15.6. The lowest BCUT2D eigenvalue weighted by atomic mass is 9.66. The molecule has 4 heteroatoms. The van der Waals surface area contributed by atoms with Gasteiger partial charge < -0.3 is 10.4 Å². The van der Waals surface area contributed by atoms with Gasteiger partial charge in [0.2, 0.25) is 5.91 Å². The molecule has 4 rings (SSSR count). The number of unbranched alkanes of at least 4 members (excludes halogenated alkanes) is 6. The van der Waals surface area contributed by atoms with Crippen LogP contribution >= 0.6 is 0 Å². The summed E-state index contributed by atoms with van der Waals surface area (Å²) in [7, 11) is 0. The van der Waals surface area contributed by atoms with E-state index in [1.807, 2.05) is 0 Å². The molecule has 0 unspecified atom stereocenters. The SMILES string of the molecule is O=C(O)CC1(CC(=O)NCCCCCCCCCC(c2ccccc2)(c2ccccc2)c2ccccc2)CCCC1. The summed E-state index contributed by atoms with van der Waals surface area (Å²) in [6.45, 7) is 0.690. The van der Waals surface area contributed by atoms with Crippen LogP contribution in [0.3, 0.4) is 0 Å². The maximum atomic E-state index is 12.5. The van der Waals surface area contributed by atoms with E-state index in [9.17, 15) is 14.7 Å². The monoisotopic (exact) mass is 553 g/mol. The largest absolute Gasteiger partial charge is 0.481 e. The number of hydrogen-bond acceptors (Lipinski definition) is 2. The zero-order valence-electron chi connectivity index (χ0n) is 24.5. The molecular weight excluding hydrogens is 506 g/mol. The van der Waals surface area contributed by atoms with Crippen LogP contribution in [0, 0.1) is 5.41 Å². The molecule has 4 nitrogen and oxygen atoms in total. The van der Waals surface area contributed by atoms with Gasteiger partial charge in [0.25, 0.3) is 0 Å². The van der Waals surface area contributed by atoms with Gasteiger partial charge in [-0.15, -0.1) is 0 Å². The predicted molar refractivity (Wildman–Crippen MR) is 167 cm³/mol. The van der Waals surface area contributed by atoms with E-state index >= 15 is 0 Å². The fourth-order valence-electron chi connectivity index (χ4n) is 6.99. The van der Waals surface area contributed by atoms with Gasteiger partial charge in [-0.1, -0.05) is 142 Å². The van der Waals surface area contributed by atoms with E-state index in [1.54, 1.807) is 0 Å². The van der Waals surface area contributed by atoms with Gasteiger partial charge in [0, 0.05) is 18.4 Å². The molecule has 41 heavy (non-hydrogen) atoms. The topological polar surface area (TPSA) is 66.4 Å². The molecule has 1 saturated carbocycles. The number of hydrogen-bond donors (Lipinski definition) is 2. The molecule has 3 aromatic rings. The Balaban J connectivity index is 1.21. The molecule has 1 aliphatic rings. The van der Waals surface area contributed by atoms with E-state index < -0.39 is 5.97 Å². The molecule has 0 spiro atoms. The summed E-state index contributed by atoms with van der Waals surface area (Å²) in [6, 6.07) is 32.9. The third-order valence-corrected chi connectivity index (χ3v) is 9.08. The molecule has 0 radical (unpaired) electrons. The number of aliphatic carboxylic acids is 1. The number of carboxylic acids is 1. The first-order chi connectivity index (χ1) is 20.0. The van der Waals surface area contributed by atoms with Crippen molar-refractivity contribution < 1.29 is 14.7 Å². The van der Waals surface area contributed by atoms with Gasteiger partial charge in [0.1, 0.15) is 0 Å². The van der Waals surface area contributed by atoms with Crippen LogP contribution in [0.5, 0.6) is 0 Å². The minimum Gasteiger partial charge on any atom is -0.481 e. The van der Waals surface area contributed by atoms with Crippen LogP contribution in [0.1, 0.15) is 107 Å². The molecule has 0 aliphatic heterocycles. The van der Waals surface area contributed by atoms with Crippen molar-refractivity contribution in [2.24, 2.45) is 5.41 Å². The van der Waals surface area contributed by atoms with Crippen LogP contribution in [-0.4, -0.2) is 23.5 Å². The van der Waals surface area contributed by atoms with Crippen molar-refractivity contribution in [3.05, 3.63) is 108 Å². The van der Waals surface area contributed by atoms with Gasteiger partial charge >= 0.3 is 5.97 Å². The first kappa shape index (κ1) is 30.6. The molecule has 0 atom stereocenters. The molecule has 1 aliphatic carbocycles. The molecule has 0 saturated heterocycles. The summed E-state index contributed by atoms with van der Waals surface area (Å²) < 4.78 is 0. The summed E-state index contributed by atoms with van der Waals surface area (Å²) in [6.07, 6.45) is 13.4. The Morgan fingerprint density at radius 3 is 1.54 bits per heavy atom. The maximum Gasteiger partial charge on any atom is 0.303 e. The lowest BCUT2D eigenvalue weighted by Crippen LogP contribution is -2.32. The normalized spacial score (nSPS) is 14.5. The summed E-state index contributed by atoms with van der Waals surface area (Å²) in [5.41, 5.74) is 3.56. The predicted octanol–water partition coefficient (Wildman–Crippen LogP) is 8.68. The fraction of sp³-hybridized carbons (Fsp3) is 0.459. The smallest absolute Gasteiger partial charge is 0.303 e. The second-order valence-corrected chi connectivity index (χ2v) is 12.0. The highest BCUT2D eigenvalue weighted by Gasteiger charge is 2.38. The number of amides is 1. The quantitative estimate of drug-likeness (QED) is 0.130. The van der Waals surface area contributed by atoms with Gasteiger partial charge in [-0.2, -0.15) is 0 Å². The average Bonchev–Trinajstić information content (AvgIpc) is 3.44. The molecule has 1 fully saturated rings. The van der Waals surface area contributed by atoms with E-state index in [0.29, 0.717) is 13.0 Å². The van der Waals surface area contributed by atoms with Crippen molar-refractivity contribution in [2.75, 3.05) is 6.54 Å². The summed E-state index contributed by atoms with van der Waals surface area (Å²) in [4.78, 5) is 23.8. The summed E-state index contributed by atoms with van der Waals surface area (Å²) in [5.74, 6) is -0.766. The lowest BCUT2D eigenvalue weighted by molar-refractivity contribution is -0.140. The van der Waals surface area contributed by atoms with Crippen LogP contribution in [0.25, 0.3) is 0 Å². The van der Waals surface area contributed by atoms with E-state index in [0.717, 1.165) is 51.4 Å². The molecule has 218 valence electrons. The number of carbonyl (C=O) groups excluding carboxylic acids is 1. The zero-order chi connectivity index (χ0) is 28.8.